The van der Waals surface area contributed by atoms with Crippen LogP contribution in [0.15, 0.2) is 30.4 Å². The van der Waals surface area contributed by atoms with E-state index in [0.29, 0.717) is 22.8 Å². The quantitative estimate of drug-likeness (QED) is 0.263. The molecule has 0 aliphatic carbocycles. The molecule has 0 saturated carbocycles. The van der Waals surface area contributed by atoms with E-state index in [4.69, 9.17) is 37.4 Å². The zero-order valence-corrected chi connectivity index (χ0v) is 28.0. The van der Waals surface area contributed by atoms with Crippen LogP contribution < -0.4 is 15.4 Å². The maximum Gasteiger partial charge on any atom is 0.347 e. The van der Waals surface area contributed by atoms with Crippen molar-refractivity contribution in [1.82, 2.24) is 10.6 Å². The first-order valence-electron chi connectivity index (χ1n) is 14.9. The van der Waals surface area contributed by atoms with Gasteiger partial charge in [0.25, 0.3) is 0 Å². The normalized spacial score (nSPS) is 24.8. The predicted molar refractivity (Wildman–Crippen MR) is 169 cm³/mol. The number of ether oxygens (including phenoxy) is 3. The summed E-state index contributed by atoms with van der Waals surface area (Å²) >= 11 is 12.6. The van der Waals surface area contributed by atoms with E-state index in [1.54, 1.807) is 39.0 Å². The Morgan fingerprint density at radius 2 is 1.82 bits per heavy atom. The summed E-state index contributed by atoms with van der Waals surface area (Å²) in [5, 5.41) is 16.0. The van der Waals surface area contributed by atoms with Crippen molar-refractivity contribution in [3.63, 3.8) is 0 Å². The van der Waals surface area contributed by atoms with Crippen molar-refractivity contribution in [2.45, 2.75) is 97.0 Å². The number of rotatable bonds is 9. The van der Waals surface area contributed by atoms with Crippen LogP contribution in [0.2, 0.25) is 5.02 Å². The van der Waals surface area contributed by atoms with Crippen molar-refractivity contribution in [2.75, 3.05) is 13.7 Å². The summed E-state index contributed by atoms with van der Waals surface area (Å²) in [5.41, 5.74) is -0.554. The van der Waals surface area contributed by atoms with E-state index in [1.807, 2.05) is 20.8 Å². The lowest BCUT2D eigenvalue weighted by Crippen LogP contribution is -2.51. The fraction of sp³-hybridized carbons (Fsp3) is 0.625. The number of methoxy groups -OCH3 is 1. The van der Waals surface area contributed by atoms with E-state index in [2.05, 4.69) is 10.6 Å². The fourth-order valence-corrected chi connectivity index (χ4v) is 5.12. The van der Waals surface area contributed by atoms with E-state index in [-0.39, 0.29) is 31.7 Å². The van der Waals surface area contributed by atoms with Crippen LogP contribution in [0.25, 0.3) is 0 Å². The molecule has 1 aliphatic heterocycles. The summed E-state index contributed by atoms with van der Waals surface area (Å²) in [6.07, 6.45) is 0.494. The number of carbonyl (C=O) groups excluding carboxylic acids is 4. The number of esters is 2. The lowest BCUT2D eigenvalue weighted by atomic mass is 9.92. The Hall–Kier alpha value is -2.82. The highest BCUT2D eigenvalue weighted by molar-refractivity contribution is 6.32. The van der Waals surface area contributed by atoms with Gasteiger partial charge >= 0.3 is 11.9 Å². The highest BCUT2D eigenvalue weighted by Crippen LogP contribution is 2.27. The number of amides is 2. The van der Waals surface area contributed by atoms with Gasteiger partial charge in [0.1, 0.15) is 17.9 Å². The molecule has 12 heteroatoms. The molecule has 1 aliphatic rings. The largest absolute Gasteiger partial charge is 0.495 e. The molecule has 246 valence electrons. The van der Waals surface area contributed by atoms with Gasteiger partial charge in [0.05, 0.1) is 29.0 Å². The summed E-state index contributed by atoms with van der Waals surface area (Å²) < 4.78 is 16.7. The van der Waals surface area contributed by atoms with Crippen LogP contribution >= 0.6 is 23.2 Å². The molecular weight excluding hydrogens is 611 g/mol. The van der Waals surface area contributed by atoms with Crippen molar-refractivity contribution in [2.24, 2.45) is 17.3 Å². The molecule has 0 radical (unpaired) electrons. The van der Waals surface area contributed by atoms with Crippen LogP contribution in [0.3, 0.4) is 0 Å². The Kier molecular flexibility index (Phi) is 14.5. The molecule has 0 spiro atoms. The molecule has 3 N–H and O–H groups in total. The molecule has 1 heterocycles. The summed E-state index contributed by atoms with van der Waals surface area (Å²) in [5.74, 6) is -2.71. The van der Waals surface area contributed by atoms with Gasteiger partial charge in [-0.25, -0.2) is 4.79 Å². The van der Waals surface area contributed by atoms with Gasteiger partial charge in [-0.05, 0) is 56.4 Å². The Labute approximate surface area is 270 Å². The van der Waals surface area contributed by atoms with Crippen LogP contribution in [-0.4, -0.2) is 72.2 Å². The van der Waals surface area contributed by atoms with Crippen molar-refractivity contribution in [3.8, 4) is 5.75 Å². The van der Waals surface area contributed by atoms with Gasteiger partial charge in [-0.2, -0.15) is 0 Å². The van der Waals surface area contributed by atoms with E-state index in [9.17, 15) is 24.3 Å². The summed E-state index contributed by atoms with van der Waals surface area (Å²) in [6.45, 7) is 10.3. The third-order valence-corrected chi connectivity index (χ3v) is 8.40. The number of benzene rings is 1. The highest BCUT2D eigenvalue weighted by Gasteiger charge is 2.38. The molecule has 2 rings (SSSR count). The first-order valence-corrected chi connectivity index (χ1v) is 15.7. The van der Waals surface area contributed by atoms with E-state index in [0.717, 1.165) is 0 Å². The molecule has 44 heavy (non-hydrogen) atoms. The third kappa shape index (κ3) is 11.0. The van der Waals surface area contributed by atoms with Gasteiger partial charge in [0.2, 0.25) is 11.8 Å². The summed E-state index contributed by atoms with van der Waals surface area (Å²) in [7, 11) is 1.49. The van der Waals surface area contributed by atoms with Crippen LogP contribution in [0.5, 0.6) is 5.75 Å². The molecule has 6 atom stereocenters. The van der Waals surface area contributed by atoms with Crippen LogP contribution in [-0.2, 0) is 35.1 Å². The molecule has 2 amide bonds. The minimum Gasteiger partial charge on any atom is -0.495 e. The molecule has 0 fully saturated rings. The zero-order valence-electron chi connectivity index (χ0n) is 26.5. The standard InChI is InChI=1S/C32H46Cl2N2O8/c1-8-21(33)28(38)19(4)24-10-9-11-27(37)36-23(16-20-12-13-25(42-7)22(34)15-20)29(39)35-17-32(5,6)31(41)44-26(14-18(2)3)30(40)43-24/h9,11-13,15,18-19,21,23-24,26,28,38H,8,10,14,16-17H2,1-7H3,(H,35,39)(H,36,37)/b11-9+/t19-,21-,23?,24-,26-,28+/m0/s1. The number of halogens is 2. The van der Waals surface area contributed by atoms with Crippen molar-refractivity contribution >= 4 is 47.0 Å². The number of alkyl halides is 1. The van der Waals surface area contributed by atoms with Crippen molar-refractivity contribution < 1.29 is 38.5 Å². The minimum atomic E-state index is -1.23. The van der Waals surface area contributed by atoms with E-state index in [1.165, 1.54) is 19.3 Å². The number of carbonyl (C=O) groups is 4. The molecule has 0 aromatic heterocycles. The van der Waals surface area contributed by atoms with Gasteiger partial charge in [0.15, 0.2) is 6.10 Å². The molecule has 0 bridgehead atoms. The summed E-state index contributed by atoms with van der Waals surface area (Å²) in [4.78, 5) is 53.0. The maximum atomic E-state index is 13.4. The van der Waals surface area contributed by atoms with Crippen LogP contribution in [0.1, 0.15) is 66.4 Å². The van der Waals surface area contributed by atoms with E-state index < -0.39 is 64.8 Å². The second-order valence-electron chi connectivity index (χ2n) is 12.2. The first kappa shape index (κ1) is 37.4. The van der Waals surface area contributed by atoms with Gasteiger partial charge in [-0.15, -0.1) is 11.6 Å². The second-order valence-corrected chi connectivity index (χ2v) is 13.2. The average molecular weight is 658 g/mol. The number of aliphatic hydroxyl groups is 1. The topological polar surface area (TPSA) is 140 Å². The van der Waals surface area contributed by atoms with Crippen molar-refractivity contribution in [1.29, 1.82) is 0 Å². The Balaban J connectivity index is 2.47. The number of aliphatic hydroxyl groups excluding tert-OH is 1. The molecule has 1 aromatic carbocycles. The Bertz CT molecular complexity index is 1190. The van der Waals surface area contributed by atoms with Gasteiger partial charge < -0.3 is 30.0 Å². The van der Waals surface area contributed by atoms with Gasteiger partial charge in [0, 0.05) is 25.3 Å². The van der Waals surface area contributed by atoms with Gasteiger partial charge in [-0.3, -0.25) is 14.4 Å². The van der Waals surface area contributed by atoms with Crippen LogP contribution in [0.4, 0.5) is 0 Å². The zero-order chi connectivity index (χ0) is 33.2. The molecule has 0 saturated heterocycles. The molecular formula is C32H46Cl2N2O8. The van der Waals surface area contributed by atoms with E-state index >= 15 is 0 Å². The molecule has 1 aromatic rings. The monoisotopic (exact) mass is 656 g/mol. The number of nitrogens with one attached hydrogen (secondary N) is 2. The number of hydrogen-bond acceptors (Lipinski definition) is 8. The first-order chi connectivity index (χ1) is 20.6. The van der Waals surface area contributed by atoms with Crippen molar-refractivity contribution in [3.05, 3.63) is 40.9 Å². The van der Waals surface area contributed by atoms with Crippen LogP contribution in [0, 0.1) is 17.3 Å². The fourth-order valence-electron chi connectivity index (χ4n) is 4.61. The molecule has 1 unspecified atom stereocenters. The minimum absolute atomic E-state index is 0.0154. The van der Waals surface area contributed by atoms with Gasteiger partial charge in [-0.1, -0.05) is 51.4 Å². The lowest BCUT2D eigenvalue weighted by molar-refractivity contribution is -0.180. The number of hydrogen-bond donors (Lipinski definition) is 3. The third-order valence-electron chi connectivity index (χ3n) is 7.53. The second kappa shape index (κ2) is 17.0. The smallest absolute Gasteiger partial charge is 0.347 e. The Morgan fingerprint density at radius 1 is 1.14 bits per heavy atom. The molecule has 10 nitrogen and oxygen atoms in total. The summed E-state index contributed by atoms with van der Waals surface area (Å²) in [6, 6.07) is 4.04. The lowest BCUT2D eigenvalue weighted by Gasteiger charge is -2.32. The maximum absolute atomic E-state index is 13.4. The Morgan fingerprint density at radius 3 is 2.41 bits per heavy atom. The predicted octanol–water partition coefficient (Wildman–Crippen LogP) is 4.36. The highest BCUT2D eigenvalue weighted by atomic mass is 35.5. The number of cyclic esters (lactones) is 2. The average Bonchev–Trinajstić information content (AvgIpc) is 2.96. The SMILES string of the molecule is CC[C@H](Cl)[C@H](O)[C@@H](C)[C@@H]1C/C=C/C(=O)NC(Cc2ccc(OC)c(Cl)c2)C(=O)NCC(C)(C)C(=O)O[C@@H](CC(C)C)C(=O)O1.